The quantitative estimate of drug-likeness (QED) is 0.851. The summed E-state index contributed by atoms with van der Waals surface area (Å²) in [5.74, 6) is 2.72. The molecule has 2 aromatic rings. The zero-order valence-electron chi connectivity index (χ0n) is 13.1. The number of benzene rings is 1. The molecule has 0 saturated carbocycles. The molecule has 1 unspecified atom stereocenters. The van der Waals surface area contributed by atoms with Crippen LogP contribution in [0.2, 0.25) is 0 Å². The predicted molar refractivity (Wildman–Crippen MR) is 82.7 cm³/mol. The van der Waals surface area contributed by atoms with Gasteiger partial charge in [0, 0.05) is 30.5 Å². The molecule has 1 aromatic carbocycles. The number of nitrogens with one attached hydrogen (secondary N) is 1. The van der Waals surface area contributed by atoms with Crippen molar-refractivity contribution in [3.8, 4) is 11.5 Å². The first kappa shape index (κ1) is 15.4. The van der Waals surface area contributed by atoms with Crippen molar-refractivity contribution in [1.29, 1.82) is 0 Å². The van der Waals surface area contributed by atoms with Gasteiger partial charge >= 0.3 is 0 Å². The van der Waals surface area contributed by atoms with E-state index < -0.39 is 0 Å². The van der Waals surface area contributed by atoms with E-state index in [0.717, 1.165) is 29.4 Å². The highest BCUT2D eigenvalue weighted by Crippen LogP contribution is 2.29. The first-order valence-corrected chi connectivity index (χ1v) is 7.14. The minimum atomic E-state index is 0.136. The van der Waals surface area contributed by atoms with Crippen LogP contribution in [0, 0.1) is 0 Å². The molecule has 1 atom stereocenters. The van der Waals surface area contributed by atoms with E-state index >= 15 is 0 Å². The fraction of sp³-hybridized carbons (Fsp3) is 0.438. The third-order valence-electron chi connectivity index (χ3n) is 3.61. The molecular formula is C16H23N3O2. The highest BCUT2D eigenvalue weighted by atomic mass is 16.5. The zero-order valence-corrected chi connectivity index (χ0v) is 13.1. The summed E-state index contributed by atoms with van der Waals surface area (Å²) in [5, 5.41) is 3.48. The van der Waals surface area contributed by atoms with Crippen LogP contribution in [-0.4, -0.2) is 23.8 Å². The van der Waals surface area contributed by atoms with Gasteiger partial charge in [0.05, 0.1) is 20.8 Å². The molecule has 0 amide bonds. The Morgan fingerprint density at radius 1 is 1.29 bits per heavy atom. The van der Waals surface area contributed by atoms with E-state index in [1.807, 2.05) is 30.6 Å². The van der Waals surface area contributed by atoms with Gasteiger partial charge in [0.25, 0.3) is 0 Å². The van der Waals surface area contributed by atoms with Crippen LogP contribution < -0.4 is 14.8 Å². The number of rotatable bonds is 7. The molecule has 0 spiro atoms. The lowest BCUT2D eigenvalue weighted by molar-refractivity contribution is 0.391. The first-order valence-electron chi connectivity index (χ1n) is 7.14. The van der Waals surface area contributed by atoms with Crippen molar-refractivity contribution < 1.29 is 9.47 Å². The summed E-state index contributed by atoms with van der Waals surface area (Å²) in [6.45, 7) is 5.85. The average Bonchev–Trinajstić information content (AvgIpc) is 2.99. The van der Waals surface area contributed by atoms with Crippen molar-refractivity contribution in [3.63, 3.8) is 0 Å². The van der Waals surface area contributed by atoms with Gasteiger partial charge in [-0.3, -0.25) is 0 Å². The second-order valence-corrected chi connectivity index (χ2v) is 4.84. The third-order valence-corrected chi connectivity index (χ3v) is 3.61. The molecule has 1 aromatic heterocycles. The summed E-state index contributed by atoms with van der Waals surface area (Å²) < 4.78 is 12.9. The Balaban J connectivity index is 2.10. The van der Waals surface area contributed by atoms with Crippen LogP contribution in [0.15, 0.2) is 30.6 Å². The van der Waals surface area contributed by atoms with Crippen LogP contribution in [-0.2, 0) is 13.1 Å². The van der Waals surface area contributed by atoms with Crippen LogP contribution in [0.1, 0.15) is 31.3 Å². The lowest BCUT2D eigenvalue weighted by Gasteiger charge is -2.18. The minimum Gasteiger partial charge on any atom is -0.497 e. The van der Waals surface area contributed by atoms with Crippen LogP contribution >= 0.6 is 0 Å². The molecule has 1 heterocycles. The largest absolute Gasteiger partial charge is 0.497 e. The highest BCUT2D eigenvalue weighted by molar-refractivity contribution is 5.42. The summed E-state index contributed by atoms with van der Waals surface area (Å²) in [5.41, 5.74) is 1.08. The molecule has 0 bridgehead atoms. The van der Waals surface area contributed by atoms with Gasteiger partial charge in [-0.1, -0.05) is 0 Å². The van der Waals surface area contributed by atoms with E-state index in [1.165, 1.54) is 0 Å². The number of imidazole rings is 1. The molecule has 114 valence electrons. The van der Waals surface area contributed by atoms with E-state index in [2.05, 4.69) is 28.7 Å². The lowest BCUT2D eigenvalue weighted by Crippen LogP contribution is -2.21. The molecular weight excluding hydrogens is 266 g/mol. The van der Waals surface area contributed by atoms with Gasteiger partial charge in [-0.2, -0.15) is 0 Å². The van der Waals surface area contributed by atoms with Crippen LogP contribution in [0.4, 0.5) is 0 Å². The van der Waals surface area contributed by atoms with Gasteiger partial charge in [0.15, 0.2) is 0 Å². The smallest absolute Gasteiger partial charge is 0.123 e. The second kappa shape index (κ2) is 7.13. The number of hydrogen-bond donors (Lipinski definition) is 1. The molecule has 5 nitrogen and oxygen atoms in total. The van der Waals surface area contributed by atoms with Gasteiger partial charge < -0.3 is 19.4 Å². The summed E-state index contributed by atoms with van der Waals surface area (Å²) >= 11 is 0. The molecule has 21 heavy (non-hydrogen) atoms. The van der Waals surface area contributed by atoms with Crippen LogP contribution in [0.25, 0.3) is 0 Å². The third kappa shape index (κ3) is 3.55. The number of hydrogen-bond acceptors (Lipinski definition) is 4. The Labute approximate surface area is 125 Å². The van der Waals surface area contributed by atoms with Gasteiger partial charge in [0.1, 0.15) is 17.3 Å². The second-order valence-electron chi connectivity index (χ2n) is 4.84. The van der Waals surface area contributed by atoms with E-state index in [9.17, 15) is 0 Å². The first-order chi connectivity index (χ1) is 10.2. The molecule has 5 heteroatoms. The normalized spacial score (nSPS) is 12.2. The van der Waals surface area contributed by atoms with Crippen LogP contribution in [0.5, 0.6) is 11.5 Å². The highest BCUT2D eigenvalue weighted by Gasteiger charge is 2.13. The molecule has 2 rings (SSSR count). The Kier molecular flexibility index (Phi) is 5.22. The molecule has 0 fully saturated rings. The van der Waals surface area contributed by atoms with Crippen molar-refractivity contribution in [1.82, 2.24) is 14.9 Å². The maximum absolute atomic E-state index is 5.43. The van der Waals surface area contributed by atoms with Gasteiger partial charge in [0.2, 0.25) is 0 Å². The number of aromatic nitrogens is 2. The molecule has 1 N–H and O–H groups in total. The maximum Gasteiger partial charge on any atom is 0.123 e. The molecule has 0 radical (unpaired) electrons. The summed E-state index contributed by atoms with van der Waals surface area (Å²) in [6.07, 6.45) is 3.82. The number of nitrogens with zero attached hydrogens (tertiary/aromatic N) is 2. The standard InChI is InChI=1S/C16H23N3O2/c1-5-19-9-8-17-16(19)11-18-12(2)14-10-13(20-3)6-7-15(14)21-4/h6-10,12,18H,5,11H2,1-4H3. The summed E-state index contributed by atoms with van der Waals surface area (Å²) in [6, 6.07) is 5.97. The Morgan fingerprint density at radius 3 is 2.76 bits per heavy atom. The van der Waals surface area contributed by atoms with Crippen LogP contribution in [0.3, 0.4) is 0 Å². The molecule has 0 aliphatic rings. The number of ether oxygens (including phenoxy) is 2. The fourth-order valence-electron chi connectivity index (χ4n) is 2.33. The van der Waals surface area contributed by atoms with Crippen molar-refractivity contribution in [2.75, 3.05) is 14.2 Å². The van der Waals surface area contributed by atoms with E-state index in [0.29, 0.717) is 6.54 Å². The van der Waals surface area contributed by atoms with Crippen molar-refractivity contribution >= 4 is 0 Å². The number of methoxy groups -OCH3 is 2. The summed E-state index contributed by atoms with van der Waals surface area (Å²) in [7, 11) is 3.35. The SMILES string of the molecule is CCn1ccnc1CNC(C)c1cc(OC)ccc1OC. The van der Waals surface area contributed by atoms with Crippen molar-refractivity contribution in [2.45, 2.75) is 33.0 Å². The van der Waals surface area contributed by atoms with Gasteiger partial charge in [-0.05, 0) is 32.0 Å². The Hall–Kier alpha value is -2.01. The van der Waals surface area contributed by atoms with Crippen molar-refractivity contribution in [3.05, 3.63) is 42.0 Å². The van der Waals surface area contributed by atoms with E-state index in [-0.39, 0.29) is 6.04 Å². The van der Waals surface area contributed by atoms with Gasteiger partial charge in [-0.25, -0.2) is 4.98 Å². The summed E-state index contributed by atoms with van der Waals surface area (Å²) in [4.78, 5) is 4.37. The minimum absolute atomic E-state index is 0.136. The maximum atomic E-state index is 5.43. The van der Waals surface area contributed by atoms with E-state index in [1.54, 1.807) is 14.2 Å². The number of aryl methyl sites for hydroxylation is 1. The average molecular weight is 289 g/mol. The lowest BCUT2D eigenvalue weighted by atomic mass is 10.1. The topological polar surface area (TPSA) is 48.3 Å². The monoisotopic (exact) mass is 289 g/mol. The fourth-order valence-corrected chi connectivity index (χ4v) is 2.33. The zero-order chi connectivity index (χ0) is 15.2. The van der Waals surface area contributed by atoms with Gasteiger partial charge in [-0.15, -0.1) is 0 Å². The van der Waals surface area contributed by atoms with E-state index in [4.69, 9.17) is 9.47 Å². The Morgan fingerprint density at radius 2 is 2.10 bits per heavy atom. The molecule has 0 saturated heterocycles. The molecule has 0 aliphatic heterocycles. The Bertz CT molecular complexity index is 581. The predicted octanol–water partition coefficient (Wildman–Crippen LogP) is 2.77. The van der Waals surface area contributed by atoms with Crippen molar-refractivity contribution in [2.24, 2.45) is 0 Å². The molecule has 0 aliphatic carbocycles.